The molecule has 1 fully saturated rings. The van der Waals surface area contributed by atoms with Gasteiger partial charge in [0, 0.05) is 16.5 Å². The van der Waals surface area contributed by atoms with Gasteiger partial charge in [0.2, 0.25) is 0 Å². The molecule has 0 aromatic heterocycles. The lowest BCUT2D eigenvalue weighted by Gasteiger charge is -2.51. The van der Waals surface area contributed by atoms with Crippen LogP contribution in [0.25, 0.3) is 5.57 Å². The molecule has 3 rings (SSSR count). The highest BCUT2D eigenvalue weighted by Gasteiger charge is 2.53. The van der Waals surface area contributed by atoms with E-state index in [9.17, 15) is 13.2 Å². The molecule has 1 saturated heterocycles. The minimum atomic E-state index is -4.18. The summed E-state index contributed by atoms with van der Waals surface area (Å²) in [5.74, 6) is 0.591. The topological polar surface area (TPSA) is 18.5 Å². The average molecular weight is 363 g/mol. The molecule has 2 heterocycles. The second-order valence-electron chi connectivity index (χ2n) is 5.53. The molecule has 1 spiro atoms. The van der Waals surface area contributed by atoms with Crippen molar-refractivity contribution >= 4 is 21.5 Å². The van der Waals surface area contributed by atoms with Crippen LogP contribution < -0.4 is 4.74 Å². The molecule has 0 amide bonds. The summed E-state index contributed by atoms with van der Waals surface area (Å²) in [5.41, 5.74) is 1.12. The fourth-order valence-electron chi connectivity index (χ4n) is 2.88. The van der Waals surface area contributed by atoms with Crippen LogP contribution in [0.1, 0.15) is 18.4 Å². The molecule has 6 heteroatoms. The normalized spacial score (nSPS) is 23.4. The van der Waals surface area contributed by atoms with E-state index in [1.165, 1.54) is 0 Å². The van der Waals surface area contributed by atoms with Crippen LogP contribution in [0, 0.1) is 5.41 Å². The Hall–Kier alpha value is -1.01. The van der Waals surface area contributed by atoms with Gasteiger partial charge in [-0.25, -0.2) is 0 Å². The molecule has 0 saturated carbocycles. The molecule has 0 aliphatic carbocycles. The number of halogens is 4. The van der Waals surface area contributed by atoms with Gasteiger partial charge in [-0.1, -0.05) is 22.5 Å². The zero-order valence-corrected chi connectivity index (χ0v) is 12.8. The van der Waals surface area contributed by atoms with E-state index in [4.69, 9.17) is 9.47 Å². The van der Waals surface area contributed by atoms with Gasteiger partial charge in [-0.3, -0.25) is 0 Å². The predicted molar refractivity (Wildman–Crippen MR) is 76.1 cm³/mol. The first-order valence-electron chi connectivity index (χ1n) is 6.62. The number of fused-ring (bicyclic) bond motifs is 1. The minimum absolute atomic E-state index is 0.0820. The average Bonchev–Trinajstić information content (AvgIpc) is 2.34. The maximum atomic E-state index is 12.5. The molecule has 21 heavy (non-hydrogen) atoms. The van der Waals surface area contributed by atoms with E-state index >= 15 is 0 Å². The molecule has 2 nitrogen and oxygen atoms in total. The molecule has 1 aromatic rings. The van der Waals surface area contributed by atoms with Gasteiger partial charge in [-0.2, -0.15) is 13.2 Å². The molecule has 2 aliphatic rings. The predicted octanol–water partition coefficient (Wildman–Crippen LogP) is 4.58. The summed E-state index contributed by atoms with van der Waals surface area (Å²) >= 11 is 3.39. The van der Waals surface area contributed by atoms with Crippen molar-refractivity contribution in [3.05, 3.63) is 34.8 Å². The van der Waals surface area contributed by atoms with Gasteiger partial charge in [0.1, 0.15) is 11.9 Å². The zero-order valence-electron chi connectivity index (χ0n) is 11.2. The molecule has 0 bridgehead atoms. The molecular formula is C15H14BrF3O2. The number of hydrogen-bond donors (Lipinski definition) is 0. The Bertz CT molecular complexity index is 579. The molecular weight excluding hydrogens is 349 g/mol. The van der Waals surface area contributed by atoms with Crippen LogP contribution in [0.5, 0.6) is 5.75 Å². The van der Waals surface area contributed by atoms with Crippen molar-refractivity contribution in [3.8, 4) is 5.75 Å². The molecule has 0 N–H and O–H groups in total. The van der Waals surface area contributed by atoms with Crippen LogP contribution in [0.15, 0.2) is 29.3 Å². The van der Waals surface area contributed by atoms with Crippen LogP contribution in [-0.4, -0.2) is 25.5 Å². The smallest absolute Gasteiger partial charge is 0.389 e. The summed E-state index contributed by atoms with van der Waals surface area (Å²) in [5, 5.41) is 0. The van der Waals surface area contributed by atoms with Crippen molar-refractivity contribution < 1.29 is 22.6 Å². The van der Waals surface area contributed by atoms with Crippen molar-refractivity contribution in [3.63, 3.8) is 0 Å². The van der Waals surface area contributed by atoms with E-state index in [1.54, 1.807) is 6.07 Å². The van der Waals surface area contributed by atoms with E-state index in [2.05, 4.69) is 22.5 Å². The van der Waals surface area contributed by atoms with Crippen LogP contribution in [0.2, 0.25) is 0 Å². The fourth-order valence-corrected chi connectivity index (χ4v) is 3.24. The monoisotopic (exact) mass is 362 g/mol. The summed E-state index contributed by atoms with van der Waals surface area (Å²) in [4.78, 5) is 0. The maximum absolute atomic E-state index is 12.5. The van der Waals surface area contributed by atoms with Gasteiger partial charge < -0.3 is 9.47 Å². The number of rotatable bonds is 2. The molecule has 2 aliphatic heterocycles. The Morgan fingerprint density at radius 1 is 1.33 bits per heavy atom. The van der Waals surface area contributed by atoms with E-state index in [0.29, 0.717) is 19.0 Å². The van der Waals surface area contributed by atoms with Crippen LogP contribution in [0.3, 0.4) is 0 Å². The Morgan fingerprint density at radius 2 is 2.05 bits per heavy atom. The van der Waals surface area contributed by atoms with E-state index in [0.717, 1.165) is 15.6 Å². The van der Waals surface area contributed by atoms with E-state index in [-0.39, 0.29) is 6.42 Å². The fraction of sp³-hybridized carbons (Fsp3) is 0.467. The van der Waals surface area contributed by atoms with Gasteiger partial charge in [0.05, 0.1) is 18.6 Å². The van der Waals surface area contributed by atoms with Crippen molar-refractivity contribution in [1.82, 2.24) is 0 Å². The summed E-state index contributed by atoms with van der Waals surface area (Å²) in [6, 6.07) is 5.46. The third-order valence-corrected chi connectivity index (χ3v) is 4.66. The van der Waals surface area contributed by atoms with Crippen molar-refractivity contribution in [1.29, 1.82) is 0 Å². The van der Waals surface area contributed by atoms with Gasteiger partial charge >= 0.3 is 6.18 Å². The van der Waals surface area contributed by atoms with Crippen LogP contribution in [-0.2, 0) is 4.74 Å². The Balaban J connectivity index is 1.91. The highest BCUT2D eigenvalue weighted by Crippen LogP contribution is 2.52. The summed E-state index contributed by atoms with van der Waals surface area (Å²) < 4.78 is 49.5. The van der Waals surface area contributed by atoms with Gasteiger partial charge in [0.25, 0.3) is 0 Å². The lowest BCUT2D eigenvalue weighted by molar-refractivity contribution is -0.162. The van der Waals surface area contributed by atoms with Gasteiger partial charge in [-0.15, -0.1) is 0 Å². The van der Waals surface area contributed by atoms with E-state index < -0.39 is 24.1 Å². The number of benzene rings is 1. The highest BCUT2D eigenvalue weighted by molar-refractivity contribution is 9.10. The maximum Gasteiger partial charge on any atom is 0.389 e. The number of hydrogen-bond acceptors (Lipinski definition) is 2. The SMILES string of the molecule is C=C1c2cc(Br)ccc2OC(CCC(F)(F)F)C12COC2. The molecule has 1 unspecified atom stereocenters. The van der Waals surface area contributed by atoms with Crippen molar-refractivity contribution in [2.75, 3.05) is 13.2 Å². The summed E-state index contributed by atoms with van der Waals surface area (Å²) in [6.07, 6.45) is -5.68. The summed E-state index contributed by atoms with van der Waals surface area (Å²) in [6.45, 7) is 4.83. The number of alkyl halides is 3. The third-order valence-electron chi connectivity index (χ3n) is 4.16. The van der Waals surface area contributed by atoms with Crippen LogP contribution in [0.4, 0.5) is 13.2 Å². The van der Waals surface area contributed by atoms with E-state index in [1.807, 2.05) is 12.1 Å². The second-order valence-corrected chi connectivity index (χ2v) is 6.44. The standard InChI is InChI=1S/C15H14BrF3O2/c1-9-11-6-10(16)2-3-12(11)21-13(4-5-15(17,18)19)14(9)7-20-8-14/h2-3,6,13H,1,4-5,7-8H2. The number of ether oxygens (including phenoxy) is 2. The molecule has 1 aromatic carbocycles. The third kappa shape index (κ3) is 2.59. The Kier molecular flexibility index (Phi) is 3.56. The van der Waals surface area contributed by atoms with Gasteiger partial charge in [0.15, 0.2) is 0 Å². The first-order chi connectivity index (χ1) is 9.82. The largest absolute Gasteiger partial charge is 0.489 e. The van der Waals surface area contributed by atoms with Crippen molar-refractivity contribution in [2.24, 2.45) is 5.41 Å². The second kappa shape index (κ2) is 5.02. The quantitative estimate of drug-likeness (QED) is 0.766. The summed E-state index contributed by atoms with van der Waals surface area (Å²) in [7, 11) is 0. The van der Waals surface area contributed by atoms with Crippen molar-refractivity contribution in [2.45, 2.75) is 25.1 Å². The molecule has 0 radical (unpaired) electrons. The highest BCUT2D eigenvalue weighted by atomic mass is 79.9. The molecule has 1 atom stereocenters. The van der Waals surface area contributed by atoms with Gasteiger partial charge in [-0.05, 0) is 30.2 Å². The lowest BCUT2D eigenvalue weighted by atomic mass is 9.68. The zero-order chi connectivity index (χ0) is 15.3. The first-order valence-corrected chi connectivity index (χ1v) is 7.42. The Morgan fingerprint density at radius 3 is 2.62 bits per heavy atom. The first kappa shape index (κ1) is 14.9. The Labute approximate surface area is 129 Å². The lowest BCUT2D eigenvalue weighted by Crippen LogP contribution is -2.56. The minimum Gasteiger partial charge on any atom is -0.489 e. The molecule has 114 valence electrons. The van der Waals surface area contributed by atoms with Crippen LogP contribution >= 0.6 is 15.9 Å².